The molecular formula is C20H22F2N2O4S. The monoisotopic (exact) mass is 424 g/mol. The first-order valence-corrected chi connectivity index (χ1v) is 10.7. The van der Waals surface area contributed by atoms with Gasteiger partial charge < -0.3 is 10.1 Å². The van der Waals surface area contributed by atoms with Crippen LogP contribution in [0.2, 0.25) is 0 Å². The summed E-state index contributed by atoms with van der Waals surface area (Å²) in [4.78, 5) is 12.4. The van der Waals surface area contributed by atoms with E-state index in [0.29, 0.717) is 13.1 Å². The van der Waals surface area contributed by atoms with Gasteiger partial charge in [0.1, 0.15) is 28.0 Å². The quantitative estimate of drug-likeness (QED) is 0.792. The van der Waals surface area contributed by atoms with Gasteiger partial charge in [0.2, 0.25) is 10.0 Å². The normalized spacial score (nSPS) is 15.6. The Kier molecular flexibility index (Phi) is 6.49. The van der Waals surface area contributed by atoms with Crippen LogP contribution in [0.4, 0.5) is 14.5 Å². The highest BCUT2D eigenvalue weighted by molar-refractivity contribution is 7.89. The molecule has 0 aromatic heterocycles. The van der Waals surface area contributed by atoms with Gasteiger partial charge in [-0.2, -0.15) is 4.31 Å². The SMILES string of the molecule is COc1ccc(C(=O)Nc2c(F)cccc2F)cc1S(=O)(=O)N1CCCCCC1. The summed E-state index contributed by atoms with van der Waals surface area (Å²) in [5.41, 5.74) is -0.646. The Morgan fingerprint density at radius 3 is 2.24 bits per heavy atom. The van der Waals surface area contributed by atoms with Gasteiger partial charge >= 0.3 is 0 Å². The molecule has 2 aromatic carbocycles. The smallest absolute Gasteiger partial charge is 0.255 e. The van der Waals surface area contributed by atoms with Crippen LogP contribution in [0.25, 0.3) is 0 Å². The van der Waals surface area contributed by atoms with E-state index in [-0.39, 0.29) is 16.2 Å². The third kappa shape index (κ3) is 4.56. The predicted molar refractivity (Wildman–Crippen MR) is 105 cm³/mol. The summed E-state index contributed by atoms with van der Waals surface area (Å²) >= 11 is 0. The fourth-order valence-electron chi connectivity index (χ4n) is 3.24. The number of halogens is 2. The number of rotatable bonds is 5. The van der Waals surface area contributed by atoms with E-state index in [1.807, 2.05) is 0 Å². The Labute approximate surface area is 168 Å². The van der Waals surface area contributed by atoms with Crippen molar-refractivity contribution < 1.29 is 26.7 Å². The van der Waals surface area contributed by atoms with E-state index in [9.17, 15) is 22.0 Å². The van der Waals surface area contributed by atoms with Gasteiger partial charge in [-0.15, -0.1) is 0 Å². The van der Waals surface area contributed by atoms with Crippen molar-refractivity contribution in [2.24, 2.45) is 0 Å². The molecule has 1 fully saturated rings. The van der Waals surface area contributed by atoms with Crippen molar-refractivity contribution in [1.29, 1.82) is 0 Å². The Bertz CT molecular complexity index is 983. The molecule has 9 heteroatoms. The second-order valence-electron chi connectivity index (χ2n) is 6.73. The fraction of sp³-hybridized carbons (Fsp3) is 0.350. The number of sulfonamides is 1. The number of anilines is 1. The zero-order valence-electron chi connectivity index (χ0n) is 16.0. The molecule has 0 aliphatic carbocycles. The molecule has 1 aliphatic rings. The van der Waals surface area contributed by atoms with Gasteiger partial charge in [0.15, 0.2) is 0 Å². The topological polar surface area (TPSA) is 75.7 Å². The number of carbonyl (C=O) groups excluding carboxylic acids is 1. The minimum Gasteiger partial charge on any atom is -0.495 e. The lowest BCUT2D eigenvalue weighted by atomic mass is 10.2. The number of carbonyl (C=O) groups is 1. The number of hydrogen-bond donors (Lipinski definition) is 1. The van der Waals surface area contributed by atoms with E-state index in [4.69, 9.17) is 4.74 Å². The maximum absolute atomic E-state index is 13.8. The molecule has 0 unspecified atom stereocenters. The molecule has 1 heterocycles. The van der Waals surface area contributed by atoms with Gasteiger partial charge in [0, 0.05) is 18.7 Å². The van der Waals surface area contributed by atoms with Crippen molar-refractivity contribution in [3.05, 3.63) is 53.6 Å². The van der Waals surface area contributed by atoms with Crippen molar-refractivity contribution in [2.45, 2.75) is 30.6 Å². The maximum Gasteiger partial charge on any atom is 0.255 e. The molecular weight excluding hydrogens is 402 g/mol. The highest BCUT2D eigenvalue weighted by Crippen LogP contribution is 2.30. The van der Waals surface area contributed by atoms with Gasteiger partial charge in [-0.1, -0.05) is 18.9 Å². The van der Waals surface area contributed by atoms with Crippen LogP contribution in [0, 0.1) is 11.6 Å². The average molecular weight is 424 g/mol. The van der Waals surface area contributed by atoms with E-state index < -0.39 is 33.3 Å². The van der Waals surface area contributed by atoms with Crippen molar-refractivity contribution >= 4 is 21.6 Å². The summed E-state index contributed by atoms with van der Waals surface area (Å²) in [6, 6.07) is 7.09. The van der Waals surface area contributed by atoms with Gasteiger partial charge in [-0.3, -0.25) is 4.79 Å². The summed E-state index contributed by atoms with van der Waals surface area (Å²) in [5.74, 6) is -2.58. The largest absolute Gasteiger partial charge is 0.495 e. The molecule has 6 nitrogen and oxygen atoms in total. The van der Waals surface area contributed by atoms with Crippen LogP contribution >= 0.6 is 0 Å². The van der Waals surface area contributed by atoms with E-state index in [2.05, 4.69) is 5.32 Å². The molecule has 1 N–H and O–H groups in total. The average Bonchev–Trinajstić information content (AvgIpc) is 3.00. The Morgan fingerprint density at radius 2 is 1.66 bits per heavy atom. The van der Waals surface area contributed by atoms with Crippen LogP contribution in [0.15, 0.2) is 41.3 Å². The number of ether oxygens (including phenoxy) is 1. The zero-order valence-corrected chi connectivity index (χ0v) is 16.8. The molecule has 0 bridgehead atoms. The van der Waals surface area contributed by atoms with E-state index in [0.717, 1.165) is 37.8 Å². The highest BCUT2D eigenvalue weighted by Gasteiger charge is 2.29. The Morgan fingerprint density at radius 1 is 1.03 bits per heavy atom. The molecule has 0 spiro atoms. The number of amides is 1. The number of benzene rings is 2. The molecule has 3 rings (SSSR count). The van der Waals surface area contributed by atoms with E-state index in [1.54, 1.807) is 0 Å². The Balaban J connectivity index is 1.95. The molecule has 1 amide bonds. The van der Waals surface area contributed by atoms with Crippen LogP contribution in [-0.4, -0.2) is 38.8 Å². The van der Waals surface area contributed by atoms with Gasteiger partial charge in [0.05, 0.1) is 7.11 Å². The first kappa shape index (κ1) is 21.2. The highest BCUT2D eigenvalue weighted by atomic mass is 32.2. The van der Waals surface area contributed by atoms with Gasteiger partial charge in [-0.05, 0) is 43.2 Å². The first-order valence-electron chi connectivity index (χ1n) is 9.28. The molecule has 29 heavy (non-hydrogen) atoms. The molecule has 0 atom stereocenters. The molecule has 0 radical (unpaired) electrons. The van der Waals surface area contributed by atoms with Crippen LogP contribution < -0.4 is 10.1 Å². The van der Waals surface area contributed by atoms with E-state index in [1.165, 1.54) is 35.7 Å². The number of nitrogens with one attached hydrogen (secondary N) is 1. The second kappa shape index (κ2) is 8.87. The van der Waals surface area contributed by atoms with Crippen molar-refractivity contribution in [1.82, 2.24) is 4.31 Å². The number of methoxy groups -OCH3 is 1. The minimum atomic E-state index is -3.89. The van der Waals surface area contributed by atoms with Gasteiger partial charge in [0.25, 0.3) is 5.91 Å². The number of nitrogens with zero attached hydrogens (tertiary/aromatic N) is 1. The lowest BCUT2D eigenvalue weighted by molar-refractivity contribution is 0.102. The fourth-order valence-corrected chi connectivity index (χ4v) is 4.94. The molecule has 156 valence electrons. The number of para-hydroxylation sites is 1. The van der Waals surface area contributed by atoms with Gasteiger partial charge in [-0.25, -0.2) is 17.2 Å². The van der Waals surface area contributed by atoms with Crippen LogP contribution in [0.5, 0.6) is 5.75 Å². The van der Waals surface area contributed by atoms with Crippen molar-refractivity contribution in [3.8, 4) is 5.75 Å². The maximum atomic E-state index is 13.8. The standard InChI is InChI=1S/C20H22F2N2O4S/c1-28-17-10-9-14(20(25)23-19-15(21)7-6-8-16(19)22)13-18(17)29(26,27)24-11-4-2-3-5-12-24/h6-10,13H,2-5,11-12H2,1H3,(H,23,25). The zero-order chi connectivity index (χ0) is 21.0. The Hall–Kier alpha value is -2.52. The molecule has 1 saturated heterocycles. The minimum absolute atomic E-state index is 0.0538. The summed E-state index contributed by atoms with van der Waals surface area (Å²) in [5, 5.41) is 2.16. The molecule has 0 saturated carbocycles. The van der Waals surface area contributed by atoms with Crippen LogP contribution in [0.3, 0.4) is 0 Å². The third-order valence-electron chi connectivity index (χ3n) is 4.81. The van der Waals surface area contributed by atoms with Crippen LogP contribution in [0.1, 0.15) is 36.0 Å². The lowest BCUT2D eigenvalue weighted by Crippen LogP contribution is -2.32. The summed E-state index contributed by atoms with van der Waals surface area (Å²) in [7, 11) is -2.55. The lowest BCUT2D eigenvalue weighted by Gasteiger charge is -2.21. The van der Waals surface area contributed by atoms with Crippen LogP contribution in [-0.2, 0) is 10.0 Å². The second-order valence-corrected chi connectivity index (χ2v) is 8.64. The summed E-state index contributed by atoms with van der Waals surface area (Å²) in [6.45, 7) is 0.782. The molecule has 1 aliphatic heterocycles. The summed E-state index contributed by atoms with van der Waals surface area (Å²) < 4.78 is 60.5. The molecule has 2 aromatic rings. The third-order valence-corrected chi connectivity index (χ3v) is 6.73. The van der Waals surface area contributed by atoms with Crippen molar-refractivity contribution in [2.75, 3.05) is 25.5 Å². The van der Waals surface area contributed by atoms with E-state index >= 15 is 0 Å². The summed E-state index contributed by atoms with van der Waals surface area (Å²) in [6.07, 6.45) is 3.43. The first-order chi connectivity index (χ1) is 13.8. The predicted octanol–water partition coefficient (Wildman–Crippen LogP) is 3.79. The number of hydrogen-bond acceptors (Lipinski definition) is 4. The van der Waals surface area contributed by atoms with Crippen molar-refractivity contribution in [3.63, 3.8) is 0 Å².